The lowest BCUT2D eigenvalue weighted by atomic mass is 9.86. The van der Waals surface area contributed by atoms with Gasteiger partial charge in [-0.05, 0) is 26.7 Å². The second kappa shape index (κ2) is 4.93. The first-order valence-electron chi connectivity index (χ1n) is 5.68. The number of rotatable bonds is 4. The monoisotopic (exact) mass is 227 g/mol. The van der Waals surface area contributed by atoms with Gasteiger partial charge in [-0.2, -0.15) is 0 Å². The highest BCUT2D eigenvalue weighted by molar-refractivity contribution is 6.37. The van der Waals surface area contributed by atoms with Crippen molar-refractivity contribution in [3.05, 3.63) is 0 Å². The fraction of sp³-hybridized carbons (Fsp3) is 0.818. The van der Waals surface area contributed by atoms with Gasteiger partial charge in [0.05, 0.1) is 11.3 Å². The normalized spacial score (nSPS) is 21.0. The number of piperidine rings is 1. The molecule has 1 heterocycles. The minimum absolute atomic E-state index is 0.0776. The van der Waals surface area contributed by atoms with Crippen LogP contribution in [0.1, 0.15) is 33.1 Å². The van der Waals surface area contributed by atoms with E-state index in [1.807, 2.05) is 0 Å². The predicted molar refractivity (Wildman–Crippen MR) is 62.4 cm³/mol. The van der Waals surface area contributed by atoms with Gasteiger partial charge in [-0.15, -0.1) is 0 Å². The minimum Gasteiger partial charge on any atom is -0.389 e. The highest BCUT2D eigenvalue weighted by Gasteiger charge is 2.34. The summed E-state index contributed by atoms with van der Waals surface area (Å²) in [4.78, 5) is 13.0. The van der Waals surface area contributed by atoms with Crippen LogP contribution in [0.25, 0.3) is 0 Å². The molecule has 92 valence electrons. The maximum Gasteiger partial charge on any atom is 0.262 e. The molecule has 1 aliphatic rings. The summed E-state index contributed by atoms with van der Waals surface area (Å²) in [6.45, 7) is 5.85. The topological polar surface area (TPSA) is 90.4 Å². The molecule has 1 rings (SSSR count). The maximum absolute atomic E-state index is 10.8. The second-order valence-electron chi connectivity index (χ2n) is 4.87. The Balaban J connectivity index is 2.50. The molecule has 0 aliphatic carbocycles. The Hall–Kier alpha value is -0.940. The molecule has 0 unspecified atom stereocenters. The molecule has 1 aliphatic heterocycles. The highest BCUT2D eigenvalue weighted by Crippen LogP contribution is 2.26. The van der Waals surface area contributed by atoms with Gasteiger partial charge < -0.3 is 15.7 Å². The van der Waals surface area contributed by atoms with E-state index < -0.39 is 11.5 Å². The van der Waals surface area contributed by atoms with Gasteiger partial charge in [-0.3, -0.25) is 10.2 Å². The number of nitrogens with one attached hydrogen (secondary N) is 1. The Bertz CT molecular complexity index is 281. The van der Waals surface area contributed by atoms with Crippen LogP contribution in [0.15, 0.2) is 0 Å². The summed E-state index contributed by atoms with van der Waals surface area (Å²) >= 11 is 0. The van der Waals surface area contributed by atoms with Crippen molar-refractivity contribution in [2.75, 3.05) is 13.1 Å². The number of likely N-dealkylation sites (tertiary alicyclic amines) is 1. The lowest BCUT2D eigenvalue weighted by molar-refractivity contribution is -0.112. The predicted octanol–water partition coefficient (Wildman–Crippen LogP) is 0.117. The summed E-state index contributed by atoms with van der Waals surface area (Å²) < 4.78 is 0. The van der Waals surface area contributed by atoms with Crippen LogP contribution >= 0.6 is 0 Å². The molecule has 1 amide bonds. The van der Waals surface area contributed by atoms with Crippen LogP contribution in [0.2, 0.25) is 0 Å². The molecule has 5 heteroatoms. The van der Waals surface area contributed by atoms with Crippen molar-refractivity contribution in [1.29, 1.82) is 5.41 Å². The quantitative estimate of drug-likeness (QED) is 0.596. The molecule has 4 N–H and O–H groups in total. The number of nitrogens with two attached hydrogens (primary N) is 1. The minimum atomic E-state index is -0.919. The zero-order valence-electron chi connectivity index (χ0n) is 9.99. The van der Waals surface area contributed by atoms with E-state index in [4.69, 9.17) is 11.1 Å². The molecule has 0 saturated carbocycles. The van der Waals surface area contributed by atoms with Crippen molar-refractivity contribution in [1.82, 2.24) is 4.90 Å². The first kappa shape index (κ1) is 13.1. The van der Waals surface area contributed by atoms with Gasteiger partial charge >= 0.3 is 0 Å². The van der Waals surface area contributed by atoms with Crippen LogP contribution in [-0.2, 0) is 4.79 Å². The average Bonchev–Trinajstić information content (AvgIpc) is 2.17. The van der Waals surface area contributed by atoms with Gasteiger partial charge in [0.1, 0.15) is 0 Å². The molecule has 5 nitrogen and oxygen atoms in total. The Labute approximate surface area is 96.1 Å². The number of amides is 1. The molecule has 0 aromatic carbocycles. The first-order valence-corrected chi connectivity index (χ1v) is 5.68. The number of hydrogen-bond donors (Lipinski definition) is 3. The van der Waals surface area contributed by atoms with Gasteiger partial charge in [-0.1, -0.05) is 0 Å². The van der Waals surface area contributed by atoms with Crippen molar-refractivity contribution < 1.29 is 9.90 Å². The summed E-state index contributed by atoms with van der Waals surface area (Å²) in [6, 6.07) is 0.472. The molecule has 1 saturated heterocycles. The van der Waals surface area contributed by atoms with Gasteiger partial charge in [0.2, 0.25) is 0 Å². The van der Waals surface area contributed by atoms with Crippen molar-refractivity contribution in [2.24, 2.45) is 5.73 Å². The molecule has 1 fully saturated rings. The molecule has 0 bridgehead atoms. The molecular formula is C11H21N3O2. The Morgan fingerprint density at radius 2 is 2.00 bits per heavy atom. The zero-order valence-corrected chi connectivity index (χ0v) is 9.99. The van der Waals surface area contributed by atoms with Gasteiger partial charge in [0, 0.05) is 25.6 Å². The van der Waals surface area contributed by atoms with E-state index in [1.165, 1.54) is 0 Å². The van der Waals surface area contributed by atoms with Crippen LogP contribution in [0.3, 0.4) is 0 Å². The van der Waals surface area contributed by atoms with Crippen LogP contribution in [-0.4, -0.2) is 46.4 Å². The van der Waals surface area contributed by atoms with E-state index in [0.29, 0.717) is 18.9 Å². The van der Waals surface area contributed by atoms with Crippen LogP contribution in [0.5, 0.6) is 0 Å². The Kier molecular flexibility index (Phi) is 4.04. The summed E-state index contributed by atoms with van der Waals surface area (Å²) in [7, 11) is 0. The number of nitrogens with zero attached hydrogens (tertiary/aromatic N) is 1. The molecule has 0 atom stereocenters. The third-order valence-corrected chi connectivity index (χ3v) is 3.26. The van der Waals surface area contributed by atoms with E-state index in [2.05, 4.69) is 18.7 Å². The molecule has 0 aromatic rings. The third-order valence-electron chi connectivity index (χ3n) is 3.26. The summed E-state index contributed by atoms with van der Waals surface area (Å²) in [6.07, 6.45) is 1.27. The van der Waals surface area contributed by atoms with Crippen molar-refractivity contribution in [3.63, 3.8) is 0 Å². The lowest BCUT2D eigenvalue weighted by Crippen LogP contribution is -2.48. The van der Waals surface area contributed by atoms with Crippen molar-refractivity contribution in [2.45, 2.75) is 44.8 Å². The molecule has 16 heavy (non-hydrogen) atoms. The van der Waals surface area contributed by atoms with Crippen molar-refractivity contribution in [3.8, 4) is 0 Å². The number of primary amides is 1. The number of carbonyl (C=O) groups excluding carboxylic acids is 1. The fourth-order valence-corrected chi connectivity index (χ4v) is 2.05. The lowest BCUT2D eigenvalue weighted by Gasteiger charge is -2.39. The Morgan fingerprint density at radius 1 is 1.50 bits per heavy atom. The Morgan fingerprint density at radius 3 is 2.38 bits per heavy atom. The molecular weight excluding hydrogens is 206 g/mol. The van der Waals surface area contributed by atoms with Gasteiger partial charge in [0.15, 0.2) is 0 Å². The third kappa shape index (κ3) is 3.28. The SMILES string of the molecule is CC(C)N1CCC(O)(CC(=N)C(N)=O)CC1. The highest BCUT2D eigenvalue weighted by atomic mass is 16.3. The summed E-state index contributed by atoms with van der Waals surface area (Å²) in [5.74, 6) is -0.736. The average molecular weight is 227 g/mol. The maximum atomic E-state index is 10.8. The van der Waals surface area contributed by atoms with E-state index in [0.717, 1.165) is 13.1 Å². The number of carbonyl (C=O) groups is 1. The van der Waals surface area contributed by atoms with Crippen LogP contribution in [0, 0.1) is 5.41 Å². The van der Waals surface area contributed by atoms with E-state index in [-0.39, 0.29) is 12.1 Å². The van der Waals surface area contributed by atoms with E-state index >= 15 is 0 Å². The van der Waals surface area contributed by atoms with Gasteiger partial charge in [-0.25, -0.2) is 0 Å². The first-order chi connectivity index (χ1) is 7.34. The molecule has 0 spiro atoms. The summed E-state index contributed by atoms with van der Waals surface area (Å²) in [5.41, 5.74) is 3.90. The number of hydrogen-bond acceptors (Lipinski definition) is 4. The van der Waals surface area contributed by atoms with Crippen LogP contribution in [0.4, 0.5) is 0 Å². The van der Waals surface area contributed by atoms with Gasteiger partial charge in [0.25, 0.3) is 5.91 Å². The zero-order chi connectivity index (χ0) is 12.3. The standard InChI is InChI=1S/C11H21N3O2/c1-8(2)14-5-3-11(16,4-6-14)7-9(12)10(13)15/h8,12,16H,3-7H2,1-2H3,(H2,13,15). The number of aliphatic hydroxyl groups is 1. The summed E-state index contributed by atoms with van der Waals surface area (Å²) in [5, 5.41) is 17.6. The smallest absolute Gasteiger partial charge is 0.262 e. The van der Waals surface area contributed by atoms with Crippen LogP contribution < -0.4 is 5.73 Å². The van der Waals surface area contributed by atoms with E-state index in [9.17, 15) is 9.90 Å². The molecule has 0 radical (unpaired) electrons. The second-order valence-corrected chi connectivity index (χ2v) is 4.87. The van der Waals surface area contributed by atoms with E-state index in [1.54, 1.807) is 0 Å². The molecule has 0 aromatic heterocycles. The largest absolute Gasteiger partial charge is 0.389 e. The fourth-order valence-electron chi connectivity index (χ4n) is 2.05. The van der Waals surface area contributed by atoms with Crippen molar-refractivity contribution >= 4 is 11.6 Å².